The Morgan fingerprint density at radius 1 is 0.700 bits per heavy atom. The lowest BCUT2D eigenvalue weighted by atomic mass is 10.1. The summed E-state index contributed by atoms with van der Waals surface area (Å²) in [5.74, 6) is -1.32. The van der Waals surface area contributed by atoms with Crippen LogP contribution >= 0.6 is 0 Å². The normalized spacial score (nSPS) is 10.4. The van der Waals surface area contributed by atoms with Crippen LogP contribution in [0.5, 0.6) is 0 Å². The second kappa shape index (κ2) is 11.2. The number of hydrogen-bond donors (Lipinski definition) is 2. The summed E-state index contributed by atoms with van der Waals surface area (Å²) in [7, 11) is 0. The first-order valence-corrected chi connectivity index (χ1v) is 9.64. The second-order valence-corrected chi connectivity index (χ2v) is 6.49. The molecule has 3 heterocycles. The van der Waals surface area contributed by atoms with Crippen molar-refractivity contribution in [2.45, 2.75) is 25.7 Å². The molecule has 0 atom stereocenters. The molecule has 3 rings (SSSR count). The second-order valence-electron chi connectivity index (χ2n) is 6.49. The molecule has 0 spiro atoms. The molecule has 0 radical (unpaired) electrons. The fourth-order valence-electron chi connectivity index (χ4n) is 2.65. The van der Waals surface area contributed by atoms with Crippen LogP contribution in [0.25, 0.3) is 0 Å². The number of aromatic nitrogens is 6. The number of carbonyl (C=O) groups excluding carboxylic acids is 2. The minimum absolute atomic E-state index is 0.176. The van der Waals surface area contributed by atoms with Gasteiger partial charge in [0.25, 0.3) is 23.5 Å². The van der Waals surface area contributed by atoms with Gasteiger partial charge in [0.05, 0.1) is 0 Å². The summed E-state index contributed by atoms with van der Waals surface area (Å²) >= 11 is 0. The topological polar surface area (TPSA) is 136 Å². The maximum atomic E-state index is 12.0. The predicted octanol–water partition coefficient (Wildman–Crippen LogP) is 0.782. The van der Waals surface area contributed by atoms with Crippen LogP contribution in [0.4, 0.5) is 0 Å². The predicted molar refractivity (Wildman–Crippen MR) is 107 cm³/mol. The maximum absolute atomic E-state index is 12.0. The van der Waals surface area contributed by atoms with Crippen molar-refractivity contribution in [3.05, 3.63) is 71.8 Å². The Balaban J connectivity index is 1.36. The molecule has 3 aromatic heterocycles. The highest BCUT2D eigenvalue weighted by molar-refractivity contribution is 5.91. The quantitative estimate of drug-likeness (QED) is 0.472. The Bertz CT molecular complexity index is 858. The molecule has 0 saturated carbocycles. The molecule has 0 fully saturated rings. The van der Waals surface area contributed by atoms with E-state index in [9.17, 15) is 9.59 Å². The van der Waals surface area contributed by atoms with Gasteiger partial charge in [-0.1, -0.05) is 12.1 Å². The van der Waals surface area contributed by atoms with Gasteiger partial charge in [0, 0.05) is 37.9 Å². The van der Waals surface area contributed by atoms with Crippen molar-refractivity contribution in [2.24, 2.45) is 0 Å². The Morgan fingerprint density at radius 2 is 1.13 bits per heavy atom. The van der Waals surface area contributed by atoms with E-state index in [-0.39, 0.29) is 11.6 Å². The number of pyridine rings is 2. The van der Waals surface area contributed by atoms with Gasteiger partial charge >= 0.3 is 0 Å². The van der Waals surface area contributed by atoms with Crippen molar-refractivity contribution >= 4 is 11.8 Å². The molecular weight excluding hydrogens is 384 g/mol. The highest BCUT2D eigenvalue weighted by Gasteiger charge is 2.14. The Labute approximate surface area is 173 Å². The van der Waals surface area contributed by atoms with Crippen molar-refractivity contribution < 1.29 is 9.59 Å². The third-order valence-electron chi connectivity index (χ3n) is 4.19. The van der Waals surface area contributed by atoms with Gasteiger partial charge in [-0.2, -0.15) is 0 Å². The fourth-order valence-corrected chi connectivity index (χ4v) is 2.65. The first kappa shape index (κ1) is 20.9. The van der Waals surface area contributed by atoms with E-state index in [0.717, 1.165) is 36.8 Å². The first-order chi connectivity index (χ1) is 14.7. The maximum Gasteiger partial charge on any atom is 0.292 e. The molecule has 10 nitrogen and oxygen atoms in total. The van der Waals surface area contributed by atoms with Crippen molar-refractivity contribution in [1.82, 2.24) is 41.0 Å². The van der Waals surface area contributed by atoms with Crippen molar-refractivity contribution in [3.63, 3.8) is 0 Å². The monoisotopic (exact) mass is 406 g/mol. The van der Waals surface area contributed by atoms with Crippen LogP contribution in [-0.2, 0) is 12.8 Å². The lowest BCUT2D eigenvalue weighted by Crippen LogP contribution is -2.30. The zero-order valence-corrected chi connectivity index (χ0v) is 16.4. The Morgan fingerprint density at radius 3 is 1.50 bits per heavy atom. The number of amides is 2. The summed E-state index contributed by atoms with van der Waals surface area (Å²) in [6, 6.07) is 7.71. The van der Waals surface area contributed by atoms with E-state index in [1.165, 1.54) is 0 Å². The van der Waals surface area contributed by atoms with Gasteiger partial charge in [-0.05, 0) is 48.9 Å². The number of hydrogen-bond acceptors (Lipinski definition) is 8. The van der Waals surface area contributed by atoms with Gasteiger partial charge in [-0.3, -0.25) is 19.6 Å². The van der Waals surface area contributed by atoms with Crippen LogP contribution in [0.15, 0.2) is 49.1 Å². The number of rotatable bonds is 10. The summed E-state index contributed by atoms with van der Waals surface area (Å²) in [5.41, 5.74) is 2.20. The molecule has 0 aliphatic rings. The van der Waals surface area contributed by atoms with Gasteiger partial charge in [0.2, 0.25) is 0 Å². The molecule has 0 aromatic carbocycles. The minimum Gasteiger partial charge on any atom is -0.349 e. The molecule has 0 saturated heterocycles. The number of aryl methyl sites for hydroxylation is 2. The third kappa shape index (κ3) is 6.66. The van der Waals surface area contributed by atoms with E-state index in [1.54, 1.807) is 24.8 Å². The van der Waals surface area contributed by atoms with Crippen molar-refractivity contribution in [3.8, 4) is 0 Å². The van der Waals surface area contributed by atoms with E-state index >= 15 is 0 Å². The Hall–Kier alpha value is -3.82. The summed E-state index contributed by atoms with van der Waals surface area (Å²) in [5, 5.41) is 20.2. The SMILES string of the molecule is O=C(NCCCc1cccnc1)c1nnc(C(=O)NCCCc2cccnc2)nn1. The van der Waals surface area contributed by atoms with Crippen LogP contribution in [0.2, 0.25) is 0 Å². The molecule has 30 heavy (non-hydrogen) atoms. The lowest BCUT2D eigenvalue weighted by Gasteiger charge is -2.05. The molecule has 2 amide bonds. The standard InChI is InChI=1S/C20H22N8O2/c29-19(23-11-3-7-15-5-1-9-21-13-15)17-25-27-18(28-26-17)20(30)24-12-4-8-16-6-2-10-22-14-16/h1-2,5-6,9-10,13-14H,3-4,7-8,11-12H2,(H,23,29)(H,24,30). The van der Waals surface area contributed by atoms with Crippen LogP contribution in [0.1, 0.15) is 45.2 Å². The zero-order chi connectivity index (χ0) is 21.0. The third-order valence-corrected chi connectivity index (χ3v) is 4.19. The average molecular weight is 406 g/mol. The summed E-state index contributed by atoms with van der Waals surface area (Å²) in [6.07, 6.45) is 10.1. The fraction of sp³-hybridized carbons (Fsp3) is 0.300. The van der Waals surface area contributed by atoms with E-state index in [2.05, 4.69) is 41.0 Å². The van der Waals surface area contributed by atoms with Gasteiger partial charge in [0.1, 0.15) is 0 Å². The van der Waals surface area contributed by atoms with E-state index in [0.29, 0.717) is 13.1 Å². The van der Waals surface area contributed by atoms with Gasteiger partial charge in [0.15, 0.2) is 0 Å². The van der Waals surface area contributed by atoms with Gasteiger partial charge < -0.3 is 10.6 Å². The molecule has 0 aliphatic carbocycles. The molecular formula is C20H22N8O2. The summed E-state index contributed by atoms with van der Waals surface area (Å²) in [6.45, 7) is 0.909. The summed E-state index contributed by atoms with van der Waals surface area (Å²) < 4.78 is 0. The highest BCUT2D eigenvalue weighted by Crippen LogP contribution is 2.00. The molecule has 0 bridgehead atoms. The molecule has 0 unspecified atom stereocenters. The number of carbonyl (C=O) groups is 2. The van der Waals surface area contributed by atoms with Gasteiger partial charge in [-0.25, -0.2) is 0 Å². The molecule has 3 aromatic rings. The van der Waals surface area contributed by atoms with Crippen LogP contribution in [-0.4, -0.2) is 55.3 Å². The van der Waals surface area contributed by atoms with Crippen molar-refractivity contribution in [1.29, 1.82) is 0 Å². The molecule has 2 N–H and O–H groups in total. The highest BCUT2D eigenvalue weighted by atomic mass is 16.2. The van der Waals surface area contributed by atoms with E-state index in [1.807, 2.05) is 24.3 Å². The van der Waals surface area contributed by atoms with Crippen molar-refractivity contribution in [2.75, 3.05) is 13.1 Å². The largest absolute Gasteiger partial charge is 0.349 e. The molecule has 154 valence electrons. The van der Waals surface area contributed by atoms with Crippen LogP contribution < -0.4 is 10.6 Å². The lowest BCUT2D eigenvalue weighted by molar-refractivity contribution is 0.0919. The summed E-state index contributed by atoms with van der Waals surface area (Å²) in [4.78, 5) is 32.2. The number of nitrogens with zero attached hydrogens (tertiary/aromatic N) is 6. The molecule has 0 aliphatic heterocycles. The minimum atomic E-state index is -0.482. The smallest absolute Gasteiger partial charge is 0.292 e. The van der Waals surface area contributed by atoms with E-state index in [4.69, 9.17) is 0 Å². The van der Waals surface area contributed by atoms with Crippen LogP contribution in [0, 0.1) is 0 Å². The average Bonchev–Trinajstić information content (AvgIpc) is 2.81. The van der Waals surface area contributed by atoms with E-state index < -0.39 is 11.8 Å². The van der Waals surface area contributed by atoms with Gasteiger partial charge in [-0.15, -0.1) is 20.4 Å². The van der Waals surface area contributed by atoms with Crippen LogP contribution in [0.3, 0.4) is 0 Å². The number of nitrogens with one attached hydrogen (secondary N) is 2. The zero-order valence-electron chi connectivity index (χ0n) is 16.4. The Kier molecular flexibility index (Phi) is 7.84. The molecule has 10 heteroatoms. The first-order valence-electron chi connectivity index (χ1n) is 9.64.